The molecule has 0 atom stereocenters. The van der Waals surface area contributed by atoms with Crippen molar-refractivity contribution in [1.29, 1.82) is 0 Å². The molecule has 0 bridgehead atoms. The second-order valence-corrected chi connectivity index (χ2v) is 4.91. The van der Waals surface area contributed by atoms with Gasteiger partial charge in [-0.2, -0.15) is 0 Å². The summed E-state index contributed by atoms with van der Waals surface area (Å²) in [5.74, 6) is 0.846. The molecule has 1 N–H and O–H groups in total. The molecule has 0 unspecified atom stereocenters. The van der Waals surface area contributed by atoms with Crippen LogP contribution in [-0.4, -0.2) is 17.5 Å². The molecule has 1 aromatic heterocycles. The molecule has 0 amide bonds. The van der Waals surface area contributed by atoms with Gasteiger partial charge in [0.2, 0.25) is 5.96 Å². The van der Waals surface area contributed by atoms with Gasteiger partial charge in [-0.05, 0) is 43.1 Å². The fourth-order valence-electron chi connectivity index (χ4n) is 1.96. The molecular formula is C14H14N4S. The number of nitrogens with one attached hydrogen (secondary N) is 1. The van der Waals surface area contributed by atoms with E-state index in [9.17, 15) is 0 Å². The maximum Gasteiger partial charge on any atom is 0.214 e. The summed E-state index contributed by atoms with van der Waals surface area (Å²) in [5, 5.41) is 0. The number of rotatable bonds is 2. The largest absolute Gasteiger partial charge is 0.310 e. The highest BCUT2D eigenvalue weighted by molar-refractivity contribution is 7.98. The summed E-state index contributed by atoms with van der Waals surface area (Å²) in [6.07, 6.45) is 3.62. The first-order valence-corrected chi connectivity index (χ1v) is 6.98. The number of anilines is 1. The number of hydrogen-bond acceptors (Lipinski definition) is 5. The third-order valence-electron chi connectivity index (χ3n) is 2.87. The number of aliphatic imine (C=N–C) groups is 1. The molecule has 0 aliphatic carbocycles. The lowest BCUT2D eigenvalue weighted by Crippen LogP contribution is -2.39. The Morgan fingerprint density at radius 2 is 2.11 bits per heavy atom. The van der Waals surface area contributed by atoms with E-state index >= 15 is 0 Å². The predicted molar refractivity (Wildman–Crippen MR) is 79.8 cm³/mol. The monoisotopic (exact) mass is 270 g/mol. The van der Waals surface area contributed by atoms with Gasteiger partial charge < -0.3 is 4.90 Å². The number of fused-ring (bicyclic) bond motifs is 1. The number of hydrogen-bond donors (Lipinski definition) is 1. The maximum atomic E-state index is 4.68. The van der Waals surface area contributed by atoms with Crippen LogP contribution in [0.1, 0.15) is 6.92 Å². The van der Waals surface area contributed by atoms with Crippen molar-refractivity contribution in [2.75, 3.05) is 11.4 Å². The van der Waals surface area contributed by atoms with E-state index in [-0.39, 0.29) is 0 Å². The van der Waals surface area contributed by atoms with Crippen LogP contribution in [0.5, 0.6) is 0 Å². The van der Waals surface area contributed by atoms with Crippen molar-refractivity contribution >= 4 is 29.3 Å². The molecule has 0 fully saturated rings. The average molecular weight is 270 g/mol. The highest BCUT2D eigenvalue weighted by Crippen LogP contribution is 2.31. The predicted octanol–water partition coefficient (Wildman–Crippen LogP) is 3.21. The van der Waals surface area contributed by atoms with E-state index in [2.05, 4.69) is 32.6 Å². The molecule has 0 spiro atoms. The molecule has 5 heteroatoms. The summed E-state index contributed by atoms with van der Waals surface area (Å²) < 4.78 is 3.29. The zero-order valence-electron chi connectivity index (χ0n) is 10.6. The van der Waals surface area contributed by atoms with Gasteiger partial charge in [-0.15, -0.1) is 0 Å². The number of benzene rings is 1. The first-order valence-electron chi connectivity index (χ1n) is 6.16. The SMILES string of the molecule is CCN(C1=Nc2ccccc2SN1)c1cccnc1. The Morgan fingerprint density at radius 1 is 1.21 bits per heavy atom. The lowest BCUT2D eigenvalue weighted by molar-refractivity contribution is 1.01. The van der Waals surface area contributed by atoms with Crippen molar-refractivity contribution in [2.24, 2.45) is 4.99 Å². The van der Waals surface area contributed by atoms with Crippen molar-refractivity contribution in [3.8, 4) is 0 Å². The van der Waals surface area contributed by atoms with Crippen LogP contribution < -0.4 is 9.62 Å². The molecule has 3 rings (SSSR count). The first kappa shape index (κ1) is 12.0. The molecule has 2 heterocycles. The standard InChI is InChI=1S/C14H14N4S/c1-2-18(11-6-5-9-15-10-11)14-16-12-7-3-4-8-13(12)19-17-14/h3-10H,2H2,1H3,(H,16,17). The van der Waals surface area contributed by atoms with Crippen LogP contribution in [0, 0.1) is 0 Å². The van der Waals surface area contributed by atoms with Crippen LogP contribution >= 0.6 is 11.9 Å². The Balaban J connectivity index is 1.96. The number of guanidine groups is 1. The van der Waals surface area contributed by atoms with Gasteiger partial charge in [0.15, 0.2) is 0 Å². The first-order chi connectivity index (χ1) is 9.38. The van der Waals surface area contributed by atoms with Crippen LogP contribution in [0.15, 0.2) is 58.7 Å². The molecule has 96 valence electrons. The van der Waals surface area contributed by atoms with Gasteiger partial charge in [0.1, 0.15) is 0 Å². The Bertz CT molecular complexity index is 597. The Hall–Kier alpha value is -2.01. The molecule has 4 nitrogen and oxygen atoms in total. The van der Waals surface area contributed by atoms with Crippen molar-refractivity contribution in [1.82, 2.24) is 9.71 Å². The van der Waals surface area contributed by atoms with Gasteiger partial charge >= 0.3 is 0 Å². The van der Waals surface area contributed by atoms with E-state index in [1.807, 2.05) is 36.5 Å². The number of pyridine rings is 1. The molecule has 1 aliphatic rings. The Kier molecular flexibility index (Phi) is 3.37. The van der Waals surface area contributed by atoms with E-state index < -0.39 is 0 Å². The summed E-state index contributed by atoms with van der Waals surface area (Å²) in [7, 11) is 0. The summed E-state index contributed by atoms with van der Waals surface area (Å²) in [6.45, 7) is 2.93. The third kappa shape index (κ3) is 2.42. The van der Waals surface area contributed by atoms with Crippen LogP contribution in [-0.2, 0) is 0 Å². The lowest BCUT2D eigenvalue weighted by atomic mass is 10.3. The van der Waals surface area contributed by atoms with Gasteiger partial charge in [0.05, 0.1) is 22.5 Å². The topological polar surface area (TPSA) is 40.5 Å². The molecule has 0 radical (unpaired) electrons. The molecule has 1 aliphatic heterocycles. The van der Waals surface area contributed by atoms with Gasteiger partial charge in [-0.3, -0.25) is 9.71 Å². The second kappa shape index (κ2) is 5.32. The normalized spacial score (nSPS) is 13.2. The van der Waals surface area contributed by atoms with E-state index in [0.29, 0.717) is 0 Å². The maximum absolute atomic E-state index is 4.68. The fraction of sp³-hybridized carbons (Fsp3) is 0.143. The molecule has 0 saturated carbocycles. The van der Waals surface area contributed by atoms with Crippen molar-refractivity contribution < 1.29 is 0 Å². The van der Waals surface area contributed by atoms with Gasteiger partial charge in [-0.25, -0.2) is 4.99 Å². The molecule has 19 heavy (non-hydrogen) atoms. The van der Waals surface area contributed by atoms with E-state index in [1.165, 1.54) is 0 Å². The number of aromatic nitrogens is 1. The number of nitrogens with zero attached hydrogens (tertiary/aromatic N) is 3. The van der Waals surface area contributed by atoms with Gasteiger partial charge in [0.25, 0.3) is 0 Å². The zero-order chi connectivity index (χ0) is 13.1. The van der Waals surface area contributed by atoms with Gasteiger partial charge in [-0.1, -0.05) is 12.1 Å². The highest BCUT2D eigenvalue weighted by Gasteiger charge is 2.17. The smallest absolute Gasteiger partial charge is 0.214 e. The summed E-state index contributed by atoms with van der Waals surface area (Å²) in [6, 6.07) is 12.1. The van der Waals surface area contributed by atoms with Crippen molar-refractivity contribution in [3.05, 3.63) is 48.8 Å². The van der Waals surface area contributed by atoms with Crippen molar-refractivity contribution in [2.45, 2.75) is 11.8 Å². The Morgan fingerprint density at radius 3 is 2.89 bits per heavy atom. The average Bonchev–Trinajstić information content (AvgIpc) is 2.49. The molecule has 2 aromatic rings. The van der Waals surface area contributed by atoms with Crippen LogP contribution in [0.2, 0.25) is 0 Å². The lowest BCUT2D eigenvalue weighted by Gasteiger charge is -2.27. The number of para-hydroxylation sites is 1. The van der Waals surface area contributed by atoms with E-state index in [1.54, 1.807) is 18.1 Å². The quantitative estimate of drug-likeness (QED) is 0.851. The molecule has 1 aromatic carbocycles. The molecular weight excluding hydrogens is 256 g/mol. The minimum Gasteiger partial charge on any atom is -0.310 e. The van der Waals surface area contributed by atoms with Crippen LogP contribution in [0.3, 0.4) is 0 Å². The van der Waals surface area contributed by atoms with E-state index in [0.717, 1.165) is 28.8 Å². The van der Waals surface area contributed by atoms with Crippen LogP contribution in [0.25, 0.3) is 0 Å². The summed E-state index contributed by atoms with van der Waals surface area (Å²) in [4.78, 5) is 12.1. The fourth-order valence-corrected chi connectivity index (χ4v) is 2.68. The van der Waals surface area contributed by atoms with Gasteiger partial charge in [0, 0.05) is 12.7 Å². The summed E-state index contributed by atoms with van der Waals surface area (Å²) in [5.41, 5.74) is 2.04. The molecule has 0 saturated heterocycles. The minimum absolute atomic E-state index is 0.834. The summed E-state index contributed by atoms with van der Waals surface area (Å²) >= 11 is 1.59. The zero-order valence-corrected chi connectivity index (χ0v) is 11.4. The minimum atomic E-state index is 0.834. The highest BCUT2D eigenvalue weighted by atomic mass is 32.2. The van der Waals surface area contributed by atoms with E-state index in [4.69, 9.17) is 0 Å². The second-order valence-electron chi connectivity index (χ2n) is 4.06. The van der Waals surface area contributed by atoms with Crippen LogP contribution in [0.4, 0.5) is 11.4 Å². The third-order valence-corrected chi connectivity index (χ3v) is 3.72. The van der Waals surface area contributed by atoms with Crippen molar-refractivity contribution in [3.63, 3.8) is 0 Å². The Labute approximate surface area is 116 Å².